The van der Waals surface area contributed by atoms with Crippen LogP contribution in [0.15, 0.2) is 28.5 Å². The van der Waals surface area contributed by atoms with E-state index < -0.39 is 5.97 Å². The average molecular weight is 357 g/mol. The number of fused-ring (bicyclic) bond motifs is 1. The largest absolute Gasteiger partial charge is 0.461 e. The second-order valence-electron chi connectivity index (χ2n) is 4.30. The van der Waals surface area contributed by atoms with E-state index in [1.807, 2.05) is 0 Å². The third-order valence-electron chi connectivity index (χ3n) is 2.86. The molecule has 3 rings (SSSR count). The maximum absolute atomic E-state index is 11.8. The van der Waals surface area contributed by atoms with Gasteiger partial charge in [-0.05, 0) is 25.1 Å². The van der Waals surface area contributed by atoms with Crippen LogP contribution in [0.4, 0.5) is 0 Å². The quantitative estimate of drug-likeness (QED) is 0.790. The van der Waals surface area contributed by atoms with E-state index in [-0.39, 0.29) is 0 Å². The molecule has 0 bridgehead atoms. The van der Waals surface area contributed by atoms with Gasteiger partial charge in [0.1, 0.15) is 0 Å². The lowest BCUT2D eigenvalue weighted by Gasteiger charge is -2.12. The third-order valence-corrected chi connectivity index (χ3v) is 4.53. The molecule has 2 heterocycles. The maximum atomic E-state index is 11.8. The summed E-state index contributed by atoms with van der Waals surface area (Å²) in [7, 11) is 0. The summed E-state index contributed by atoms with van der Waals surface area (Å²) in [5.74, 6) is 0.454. The number of carbonyl (C=O) groups is 1. The van der Waals surface area contributed by atoms with Gasteiger partial charge < -0.3 is 4.74 Å². The number of ether oxygens (including phenoxy) is 1. The molecule has 1 aromatic heterocycles. The van der Waals surface area contributed by atoms with Gasteiger partial charge in [-0.2, -0.15) is 9.78 Å². The smallest absolute Gasteiger partial charge is 0.355 e. The maximum Gasteiger partial charge on any atom is 0.355 e. The van der Waals surface area contributed by atoms with Gasteiger partial charge in [-0.25, -0.2) is 4.79 Å². The van der Waals surface area contributed by atoms with Gasteiger partial charge in [-0.3, -0.25) is 0 Å². The highest BCUT2D eigenvalue weighted by molar-refractivity contribution is 8.00. The van der Waals surface area contributed by atoms with E-state index >= 15 is 0 Å². The number of hydrogen-bond donors (Lipinski definition) is 0. The molecule has 114 valence electrons. The molecule has 0 amide bonds. The minimum atomic E-state index is -0.436. The lowest BCUT2D eigenvalue weighted by Crippen LogP contribution is -2.24. The molecule has 0 saturated carbocycles. The zero-order valence-electron chi connectivity index (χ0n) is 11.4. The fourth-order valence-electron chi connectivity index (χ4n) is 1.86. The highest BCUT2D eigenvalue weighted by Gasteiger charge is 2.24. The fourth-order valence-corrected chi connectivity index (χ4v) is 2.95. The number of nitrogens with zero attached hydrogens (tertiary/aromatic N) is 4. The molecule has 0 fully saturated rings. The predicted molar refractivity (Wildman–Crippen MR) is 85.7 cm³/mol. The first-order chi connectivity index (χ1) is 10.6. The van der Waals surface area contributed by atoms with Crippen LogP contribution in [0.25, 0.3) is 11.4 Å². The molecule has 6 nitrogen and oxygen atoms in total. The van der Waals surface area contributed by atoms with E-state index in [9.17, 15) is 4.79 Å². The molecule has 9 heteroatoms. The zero-order valence-corrected chi connectivity index (χ0v) is 13.7. The molecule has 0 radical (unpaired) electrons. The van der Waals surface area contributed by atoms with Crippen LogP contribution in [0.3, 0.4) is 0 Å². The van der Waals surface area contributed by atoms with Crippen molar-refractivity contribution in [3.05, 3.63) is 28.2 Å². The summed E-state index contributed by atoms with van der Waals surface area (Å²) in [5, 5.41) is 13.9. The van der Waals surface area contributed by atoms with Gasteiger partial charge in [0.25, 0.3) is 0 Å². The fraction of sp³-hybridized carbons (Fsp3) is 0.231. The molecular formula is C13H10Cl2N4O2S. The molecule has 1 aliphatic heterocycles. The lowest BCUT2D eigenvalue weighted by molar-refractivity contribution is -0.135. The molecule has 2 aromatic rings. The topological polar surface area (TPSA) is 69.4 Å². The summed E-state index contributed by atoms with van der Waals surface area (Å²) in [4.78, 5) is 11.8. The molecule has 1 aliphatic rings. The van der Waals surface area contributed by atoms with Gasteiger partial charge >= 0.3 is 5.97 Å². The van der Waals surface area contributed by atoms with Crippen molar-refractivity contribution in [1.29, 1.82) is 0 Å². The van der Waals surface area contributed by atoms with Crippen molar-refractivity contribution in [1.82, 2.24) is 14.9 Å². The number of hydrogen-bond acceptors (Lipinski definition) is 6. The number of halogens is 2. The first-order valence-electron chi connectivity index (χ1n) is 6.38. The van der Waals surface area contributed by atoms with Gasteiger partial charge in [0.15, 0.2) is 11.5 Å². The minimum Gasteiger partial charge on any atom is -0.461 e. The number of benzene rings is 1. The van der Waals surface area contributed by atoms with E-state index in [4.69, 9.17) is 27.9 Å². The van der Waals surface area contributed by atoms with E-state index in [2.05, 4.69) is 15.3 Å². The Bertz CT molecular complexity index is 775. The van der Waals surface area contributed by atoms with E-state index in [1.54, 1.807) is 25.1 Å². The first-order valence-corrected chi connectivity index (χ1v) is 8.13. The van der Waals surface area contributed by atoms with Crippen molar-refractivity contribution in [3.8, 4) is 11.4 Å². The van der Waals surface area contributed by atoms with Crippen molar-refractivity contribution >= 4 is 46.6 Å². The lowest BCUT2D eigenvalue weighted by atomic mass is 10.2. The number of rotatable bonds is 3. The second kappa shape index (κ2) is 6.28. The Morgan fingerprint density at radius 2 is 2.18 bits per heavy atom. The summed E-state index contributed by atoms with van der Waals surface area (Å²) < 4.78 is 6.49. The van der Waals surface area contributed by atoms with E-state index in [0.717, 1.165) is 0 Å². The van der Waals surface area contributed by atoms with E-state index in [1.165, 1.54) is 16.4 Å². The van der Waals surface area contributed by atoms with Crippen LogP contribution in [0.5, 0.6) is 0 Å². The number of esters is 1. The monoisotopic (exact) mass is 356 g/mol. The molecule has 0 saturated heterocycles. The van der Waals surface area contributed by atoms with Gasteiger partial charge in [0, 0.05) is 5.56 Å². The van der Waals surface area contributed by atoms with Gasteiger partial charge in [0.2, 0.25) is 5.16 Å². The SMILES string of the molecule is CCOC(=O)C1=Nn2c(nnc2-c2ccc(Cl)c(Cl)c2)SC1. The van der Waals surface area contributed by atoms with Crippen molar-refractivity contribution in [2.45, 2.75) is 12.1 Å². The number of aromatic nitrogens is 3. The van der Waals surface area contributed by atoms with Crippen LogP contribution < -0.4 is 0 Å². The summed E-state index contributed by atoms with van der Waals surface area (Å²) >= 11 is 13.3. The van der Waals surface area contributed by atoms with Crippen LogP contribution in [0, 0.1) is 0 Å². The van der Waals surface area contributed by atoms with Gasteiger partial charge in [-0.15, -0.1) is 10.2 Å². The molecule has 0 atom stereocenters. The van der Waals surface area contributed by atoms with Crippen molar-refractivity contribution in [2.75, 3.05) is 12.4 Å². The zero-order chi connectivity index (χ0) is 15.7. The van der Waals surface area contributed by atoms with Crippen LogP contribution in [0.1, 0.15) is 6.92 Å². The van der Waals surface area contributed by atoms with Crippen molar-refractivity contribution in [3.63, 3.8) is 0 Å². The minimum absolute atomic E-state index is 0.303. The van der Waals surface area contributed by atoms with Crippen LogP contribution in [0.2, 0.25) is 10.0 Å². The van der Waals surface area contributed by atoms with Crippen molar-refractivity contribution < 1.29 is 9.53 Å². The molecule has 22 heavy (non-hydrogen) atoms. The summed E-state index contributed by atoms with van der Waals surface area (Å²) in [5.41, 5.74) is 1.03. The third kappa shape index (κ3) is 2.84. The Hall–Kier alpha value is -1.57. The highest BCUT2D eigenvalue weighted by atomic mass is 35.5. The number of carbonyl (C=O) groups excluding carboxylic acids is 1. The normalized spacial score (nSPS) is 13.5. The Kier molecular flexibility index (Phi) is 4.37. The summed E-state index contributed by atoms with van der Waals surface area (Å²) in [6, 6.07) is 5.12. The molecule has 0 N–H and O–H groups in total. The predicted octanol–water partition coefficient (Wildman–Crippen LogP) is 3.12. The molecule has 0 aliphatic carbocycles. The molecule has 0 unspecified atom stereocenters. The van der Waals surface area contributed by atoms with Crippen LogP contribution >= 0.6 is 35.0 Å². The first kappa shape index (κ1) is 15.3. The molecule has 1 aromatic carbocycles. The standard InChI is InChI=1S/C13H10Cl2N4O2S/c1-2-21-12(20)10-6-22-13-17-16-11(19(13)18-10)7-3-4-8(14)9(15)5-7/h3-5H,2,6H2,1H3. The Labute approximate surface area is 140 Å². The van der Waals surface area contributed by atoms with Gasteiger partial charge in [0.05, 0.1) is 22.4 Å². The van der Waals surface area contributed by atoms with Gasteiger partial charge in [-0.1, -0.05) is 35.0 Å². The van der Waals surface area contributed by atoms with Crippen LogP contribution in [-0.2, 0) is 9.53 Å². The molecule has 0 spiro atoms. The Morgan fingerprint density at radius 3 is 2.91 bits per heavy atom. The Balaban J connectivity index is 2.02. The molecular weight excluding hydrogens is 347 g/mol. The summed E-state index contributed by atoms with van der Waals surface area (Å²) in [6.07, 6.45) is 0. The van der Waals surface area contributed by atoms with E-state index in [0.29, 0.717) is 44.7 Å². The Morgan fingerprint density at radius 1 is 1.36 bits per heavy atom. The number of thioether (sulfide) groups is 1. The summed E-state index contributed by atoms with van der Waals surface area (Å²) in [6.45, 7) is 2.05. The van der Waals surface area contributed by atoms with Crippen molar-refractivity contribution in [2.24, 2.45) is 5.10 Å². The average Bonchev–Trinajstić information content (AvgIpc) is 2.93. The second-order valence-corrected chi connectivity index (χ2v) is 6.06. The highest BCUT2D eigenvalue weighted by Crippen LogP contribution is 2.31. The van der Waals surface area contributed by atoms with Crippen LogP contribution in [-0.4, -0.2) is 38.9 Å².